The van der Waals surface area contributed by atoms with Crippen LogP contribution in [0.25, 0.3) is 0 Å². The maximum Gasteiger partial charge on any atom is 0.170 e. The van der Waals surface area contributed by atoms with E-state index >= 15 is 0 Å². The van der Waals surface area contributed by atoms with E-state index in [-0.39, 0.29) is 17.6 Å². The molecule has 4 atom stereocenters. The highest BCUT2D eigenvalue weighted by Crippen LogP contribution is 2.51. The molecule has 1 saturated heterocycles. The molecule has 2 aliphatic carbocycles. The summed E-state index contributed by atoms with van der Waals surface area (Å²) in [4.78, 5) is 11.9. The van der Waals surface area contributed by atoms with Gasteiger partial charge in [-0.1, -0.05) is 19.8 Å². The number of carbonyl (C=O) groups excluding carboxylic acids is 1. The average Bonchev–Trinajstić information content (AvgIpc) is 2.37. The van der Waals surface area contributed by atoms with Gasteiger partial charge in [-0.05, 0) is 12.8 Å². The summed E-state index contributed by atoms with van der Waals surface area (Å²) >= 11 is 0. The lowest BCUT2D eigenvalue weighted by Gasteiger charge is -2.54. The zero-order chi connectivity index (χ0) is 10.5. The van der Waals surface area contributed by atoms with E-state index < -0.39 is 0 Å². The molecule has 1 heterocycles. The quantitative estimate of drug-likeness (QED) is 0.608. The van der Waals surface area contributed by atoms with Crippen molar-refractivity contribution in [1.82, 2.24) is 0 Å². The van der Waals surface area contributed by atoms with Gasteiger partial charge in [-0.15, -0.1) is 0 Å². The molecule has 15 heavy (non-hydrogen) atoms. The molecular formula is C12H18O3. The third kappa shape index (κ3) is 1.23. The van der Waals surface area contributed by atoms with Crippen LogP contribution in [-0.4, -0.2) is 30.7 Å². The van der Waals surface area contributed by atoms with Crippen LogP contribution in [0.1, 0.15) is 32.6 Å². The predicted molar refractivity (Wildman–Crippen MR) is 54.6 cm³/mol. The van der Waals surface area contributed by atoms with Crippen LogP contribution in [0.4, 0.5) is 0 Å². The fourth-order valence-corrected chi connectivity index (χ4v) is 3.27. The Morgan fingerprint density at radius 1 is 1.33 bits per heavy atom. The van der Waals surface area contributed by atoms with Crippen LogP contribution in [-0.2, 0) is 14.3 Å². The van der Waals surface area contributed by atoms with Crippen molar-refractivity contribution in [3.63, 3.8) is 0 Å². The standard InChI is InChI=1S/C12H18O3/c1-8-6-14-11-10(13)9-4-2-3-5-12(9,11)15-7-8/h8-9,11H,2-7H2,1H3/t8-,9-,11-,12+/m0/s1. The Labute approximate surface area is 90.1 Å². The van der Waals surface area contributed by atoms with E-state index in [9.17, 15) is 4.79 Å². The average molecular weight is 210 g/mol. The molecule has 0 radical (unpaired) electrons. The summed E-state index contributed by atoms with van der Waals surface area (Å²) in [5.74, 6) is 0.853. The number of Topliss-reactive ketones (excluding diaryl/α,β-unsaturated/α-hetero) is 1. The Balaban J connectivity index is 1.86. The van der Waals surface area contributed by atoms with Gasteiger partial charge in [0, 0.05) is 5.92 Å². The maximum absolute atomic E-state index is 11.9. The predicted octanol–water partition coefficient (Wildman–Crippen LogP) is 1.55. The van der Waals surface area contributed by atoms with E-state index in [1.165, 1.54) is 12.8 Å². The highest BCUT2D eigenvalue weighted by molar-refractivity contribution is 5.95. The number of ether oxygens (including phenoxy) is 2. The highest BCUT2D eigenvalue weighted by Gasteiger charge is 2.65. The first-order valence-corrected chi connectivity index (χ1v) is 6.03. The Bertz CT molecular complexity index is 289. The van der Waals surface area contributed by atoms with Gasteiger partial charge in [0.05, 0.1) is 19.1 Å². The topological polar surface area (TPSA) is 35.5 Å². The molecule has 1 spiro atoms. The Kier molecular flexibility index (Phi) is 2.15. The molecule has 0 aromatic heterocycles. The highest BCUT2D eigenvalue weighted by atomic mass is 16.6. The molecular weight excluding hydrogens is 192 g/mol. The number of ketones is 1. The smallest absolute Gasteiger partial charge is 0.170 e. The lowest BCUT2D eigenvalue weighted by Crippen LogP contribution is -2.69. The van der Waals surface area contributed by atoms with Crippen molar-refractivity contribution in [1.29, 1.82) is 0 Å². The Morgan fingerprint density at radius 3 is 3.07 bits per heavy atom. The monoisotopic (exact) mass is 210 g/mol. The molecule has 3 rings (SSSR count). The first kappa shape index (κ1) is 9.79. The molecule has 3 nitrogen and oxygen atoms in total. The summed E-state index contributed by atoms with van der Waals surface area (Å²) in [7, 11) is 0. The van der Waals surface area contributed by atoms with Gasteiger partial charge in [0.1, 0.15) is 11.7 Å². The minimum absolute atomic E-state index is 0.140. The van der Waals surface area contributed by atoms with Crippen molar-refractivity contribution in [3.8, 4) is 0 Å². The van der Waals surface area contributed by atoms with E-state index in [1.807, 2.05) is 0 Å². The van der Waals surface area contributed by atoms with Gasteiger partial charge in [0.2, 0.25) is 0 Å². The van der Waals surface area contributed by atoms with Crippen LogP contribution in [0.2, 0.25) is 0 Å². The molecule has 0 amide bonds. The van der Waals surface area contributed by atoms with Crippen LogP contribution in [0, 0.1) is 11.8 Å². The molecule has 0 aromatic carbocycles. The molecule has 0 unspecified atom stereocenters. The SMILES string of the molecule is C[C@H]1CO[C@H]2C(=O)[C@@H]3CCCC[C@@]32OC1. The van der Waals surface area contributed by atoms with Crippen molar-refractivity contribution in [2.24, 2.45) is 11.8 Å². The first-order valence-electron chi connectivity index (χ1n) is 6.03. The van der Waals surface area contributed by atoms with E-state index in [1.54, 1.807) is 0 Å². The lowest BCUT2D eigenvalue weighted by atomic mass is 9.58. The van der Waals surface area contributed by atoms with E-state index in [4.69, 9.17) is 9.47 Å². The van der Waals surface area contributed by atoms with Crippen molar-refractivity contribution in [3.05, 3.63) is 0 Å². The van der Waals surface area contributed by atoms with E-state index in [0.717, 1.165) is 19.4 Å². The summed E-state index contributed by atoms with van der Waals surface area (Å²) in [5.41, 5.74) is -0.222. The van der Waals surface area contributed by atoms with Gasteiger partial charge >= 0.3 is 0 Å². The second-order valence-corrected chi connectivity index (χ2v) is 5.29. The van der Waals surface area contributed by atoms with Crippen LogP contribution < -0.4 is 0 Å². The maximum atomic E-state index is 11.9. The summed E-state index contributed by atoms with van der Waals surface area (Å²) in [6.07, 6.45) is 4.13. The van der Waals surface area contributed by atoms with Gasteiger partial charge in [0.25, 0.3) is 0 Å². The molecule has 1 aliphatic heterocycles. The third-order valence-electron chi connectivity index (χ3n) is 4.13. The minimum Gasteiger partial charge on any atom is -0.371 e. The molecule has 3 heteroatoms. The Hall–Kier alpha value is -0.410. The van der Waals surface area contributed by atoms with Crippen molar-refractivity contribution in [2.45, 2.75) is 44.3 Å². The fraction of sp³-hybridized carbons (Fsp3) is 0.917. The fourth-order valence-electron chi connectivity index (χ4n) is 3.27. The molecule has 0 bridgehead atoms. The molecule has 0 aromatic rings. The summed E-state index contributed by atoms with van der Waals surface area (Å²) < 4.78 is 11.7. The zero-order valence-electron chi connectivity index (χ0n) is 9.20. The second kappa shape index (κ2) is 3.29. The van der Waals surface area contributed by atoms with E-state index in [0.29, 0.717) is 18.3 Å². The van der Waals surface area contributed by atoms with Crippen molar-refractivity contribution < 1.29 is 14.3 Å². The van der Waals surface area contributed by atoms with Crippen LogP contribution >= 0.6 is 0 Å². The van der Waals surface area contributed by atoms with Crippen LogP contribution in [0.3, 0.4) is 0 Å². The molecule has 3 aliphatic rings. The summed E-state index contributed by atoms with van der Waals surface area (Å²) in [6.45, 7) is 3.54. The minimum atomic E-state index is -0.243. The normalized spacial score (nSPS) is 49.9. The lowest BCUT2D eigenvalue weighted by molar-refractivity contribution is -0.221. The first-order chi connectivity index (χ1) is 7.24. The largest absolute Gasteiger partial charge is 0.371 e. The molecule has 3 fully saturated rings. The zero-order valence-corrected chi connectivity index (χ0v) is 9.20. The number of carbonyl (C=O) groups is 1. The third-order valence-corrected chi connectivity index (χ3v) is 4.13. The number of hydrogen-bond acceptors (Lipinski definition) is 3. The van der Waals surface area contributed by atoms with Gasteiger partial charge in [-0.2, -0.15) is 0 Å². The number of rotatable bonds is 0. The van der Waals surface area contributed by atoms with Crippen LogP contribution in [0.15, 0.2) is 0 Å². The second-order valence-electron chi connectivity index (χ2n) is 5.29. The van der Waals surface area contributed by atoms with E-state index in [2.05, 4.69) is 6.92 Å². The summed E-state index contributed by atoms with van der Waals surface area (Å²) in [5, 5.41) is 0. The van der Waals surface area contributed by atoms with Crippen molar-refractivity contribution >= 4 is 5.78 Å². The van der Waals surface area contributed by atoms with Crippen molar-refractivity contribution in [2.75, 3.05) is 13.2 Å². The van der Waals surface area contributed by atoms with Gasteiger partial charge < -0.3 is 9.47 Å². The molecule has 2 saturated carbocycles. The van der Waals surface area contributed by atoms with Gasteiger partial charge in [0.15, 0.2) is 5.78 Å². The summed E-state index contributed by atoms with van der Waals surface area (Å²) in [6, 6.07) is 0. The molecule has 0 N–H and O–H groups in total. The van der Waals surface area contributed by atoms with Gasteiger partial charge in [-0.3, -0.25) is 4.79 Å². The van der Waals surface area contributed by atoms with Gasteiger partial charge in [-0.25, -0.2) is 0 Å². The molecule has 84 valence electrons. The number of hydrogen-bond donors (Lipinski definition) is 0. The van der Waals surface area contributed by atoms with Crippen LogP contribution in [0.5, 0.6) is 0 Å². The Morgan fingerprint density at radius 2 is 2.20 bits per heavy atom.